The van der Waals surface area contributed by atoms with Crippen molar-refractivity contribution in [2.45, 2.75) is 0 Å². The van der Waals surface area contributed by atoms with Gasteiger partial charge in [0.15, 0.2) is 0 Å². The van der Waals surface area contributed by atoms with E-state index in [0.717, 1.165) is 0 Å². The molecule has 0 aromatic heterocycles. The van der Waals surface area contributed by atoms with Crippen LogP contribution < -0.4 is 43.1 Å². The van der Waals surface area contributed by atoms with E-state index in [4.69, 9.17) is 3.95 Å². The van der Waals surface area contributed by atoms with Crippen molar-refractivity contribution in [3.8, 4) is 0 Å². The predicted molar refractivity (Wildman–Crippen MR) is 24.7 cm³/mol. The van der Waals surface area contributed by atoms with Crippen LogP contribution in [0.5, 0.6) is 0 Å². The standard InChI is InChI=1S/CH2I3NO2/c2-3-1(6)7-4-5/h5H2/q-2. The zero-order chi connectivity index (χ0) is 5.70. The zero-order valence-electron chi connectivity index (χ0n) is 3.03. The van der Waals surface area contributed by atoms with Gasteiger partial charge in [-0.1, -0.05) is 0 Å². The van der Waals surface area contributed by atoms with E-state index in [2.05, 4.69) is 3.07 Å². The Labute approximate surface area is 72.3 Å². The molecule has 0 spiro atoms. The summed E-state index contributed by atoms with van der Waals surface area (Å²) in [6, 6.07) is 0. The average molecular weight is 441 g/mol. The van der Waals surface area contributed by atoms with Crippen molar-refractivity contribution in [2.24, 2.45) is 3.95 Å². The molecule has 0 rings (SSSR count). The molecule has 0 saturated heterocycles. The summed E-state index contributed by atoms with van der Waals surface area (Å²) in [4.78, 5) is 10.2. The molecule has 6 heteroatoms. The van der Waals surface area contributed by atoms with Crippen LogP contribution in [0.1, 0.15) is 0 Å². The molecular weight excluding hydrogens is 439 g/mol. The molecule has 0 aromatic rings. The number of carbonyl (C=O) groups is 1. The summed E-state index contributed by atoms with van der Waals surface area (Å²) in [5.74, 6) is 0. The second-order valence-corrected chi connectivity index (χ2v) is 5.45. The normalized spacial score (nSPS) is 9.43. The van der Waals surface area contributed by atoms with E-state index in [1.165, 1.54) is 0 Å². The molecule has 3 nitrogen and oxygen atoms in total. The molecule has 0 atom stereocenters. The Morgan fingerprint density at radius 1 is 1.86 bits per heavy atom. The fraction of sp³-hybridized carbons (Fsp3) is 0. The summed E-state index contributed by atoms with van der Waals surface area (Å²) >= 11 is 0.863. The van der Waals surface area contributed by atoms with Crippen molar-refractivity contribution in [3.05, 3.63) is 0 Å². The molecule has 2 N–H and O–H groups in total. The molecule has 0 amide bonds. The van der Waals surface area contributed by atoms with Crippen LogP contribution in [-0.2, 0) is 3.07 Å². The van der Waals surface area contributed by atoms with Gasteiger partial charge < -0.3 is 0 Å². The van der Waals surface area contributed by atoms with E-state index in [0.29, 0.717) is 0 Å². The van der Waals surface area contributed by atoms with Gasteiger partial charge in [-0.15, -0.1) is 0 Å². The molecule has 0 aromatic carbocycles. The fourth-order valence-electron chi connectivity index (χ4n) is 0.0460. The molecule has 46 valence electrons. The second-order valence-electron chi connectivity index (χ2n) is 0.475. The monoisotopic (exact) mass is 441 g/mol. The first-order chi connectivity index (χ1) is 3.31. The van der Waals surface area contributed by atoms with Crippen LogP contribution in [0.3, 0.4) is 0 Å². The molecule has 0 unspecified atom stereocenters. The number of hydrogen-bond donors (Lipinski definition) is 1. The second kappa shape index (κ2) is 5.75. The first-order valence-corrected chi connectivity index (χ1v) is 10.6. The molecule has 0 aliphatic rings. The topological polar surface area (TPSA) is 52.3 Å². The Hall–Kier alpha value is 1.62. The van der Waals surface area contributed by atoms with Gasteiger partial charge in [0.05, 0.1) is 0 Å². The maximum atomic E-state index is 10.2. The summed E-state index contributed by atoms with van der Waals surface area (Å²) in [5, 5.41) is 0. The van der Waals surface area contributed by atoms with Gasteiger partial charge in [0.25, 0.3) is 0 Å². The van der Waals surface area contributed by atoms with Gasteiger partial charge in [-0.25, -0.2) is 0 Å². The van der Waals surface area contributed by atoms with Crippen molar-refractivity contribution >= 4 is 22.6 Å². The molecule has 0 heterocycles. The van der Waals surface area contributed by atoms with Gasteiger partial charge in [0, 0.05) is 0 Å². The third-order valence-corrected chi connectivity index (χ3v) is 4.45. The third-order valence-electron chi connectivity index (χ3n) is 0.164. The van der Waals surface area contributed by atoms with Crippen LogP contribution in [0.4, 0.5) is 4.79 Å². The van der Waals surface area contributed by atoms with E-state index in [1.807, 2.05) is 18.6 Å². The molecule has 7 heavy (non-hydrogen) atoms. The van der Waals surface area contributed by atoms with Gasteiger partial charge in [-0.2, -0.15) is 0 Å². The molecule has 0 bridgehead atoms. The SMILES string of the molecule is N[I-]OC(=O)[I-]I. The Morgan fingerprint density at radius 3 is 2.57 bits per heavy atom. The maximum absolute atomic E-state index is 10.2. The van der Waals surface area contributed by atoms with Crippen LogP contribution in [0.25, 0.3) is 0 Å². The fourth-order valence-corrected chi connectivity index (χ4v) is 4.21. The van der Waals surface area contributed by atoms with Crippen LogP contribution in [0.15, 0.2) is 0 Å². The minimum atomic E-state index is -0.766. The van der Waals surface area contributed by atoms with E-state index in [-0.39, 0.29) is 3.98 Å². The number of halogens is 3. The first-order valence-electron chi connectivity index (χ1n) is 1.11. The Balaban J connectivity index is 3.00. The minimum absolute atomic E-state index is 0.102. The number of hydrogen-bond acceptors (Lipinski definition) is 3. The molecule has 0 aliphatic heterocycles. The van der Waals surface area contributed by atoms with Gasteiger partial charge in [0.2, 0.25) is 0 Å². The predicted octanol–water partition coefficient (Wildman–Crippen LogP) is -5.56. The van der Waals surface area contributed by atoms with E-state index in [1.54, 1.807) is 0 Å². The van der Waals surface area contributed by atoms with Gasteiger partial charge in [-0.05, 0) is 0 Å². The Morgan fingerprint density at radius 2 is 2.43 bits per heavy atom. The summed E-state index contributed by atoms with van der Waals surface area (Å²) in [7, 11) is 0. The summed E-state index contributed by atoms with van der Waals surface area (Å²) in [5.41, 5.74) is 0. The van der Waals surface area contributed by atoms with Crippen LogP contribution in [0, 0.1) is 0 Å². The number of rotatable bonds is 2. The van der Waals surface area contributed by atoms with Crippen molar-refractivity contribution in [1.29, 1.82) is 0 Å². The average Bonchev–Trinajstić information content (AvgIpc) is 1.68. The van der Waals surface area contributed by atoms with E-state index in [9.17, 15) is 4.79 Å². The Kier molecular flexibility index (Phi) is 7.08. The summed E-state index contributed by atoms with van der Waals surface area (Å²) in [6.07, 6.45) is 0. The van der Waals surface area contributed by atoms with Gasteiger partial charge in [0.1, 0.15) is 0 Å². The van der Waals surface area contributed by atoms with E-state index < -0.39 is 39.1 Å². The summed E-state index contributed by atoms with van der Waals surface area (Å²) < 4.78 is 9.37. The molecular formula is CH2I3NO2-2. The van der Waals surface area contributed by atoms with Crippen LogP contribution in [0.2, 0.25) is 0 Å². The third kappa shape index (κ3) is 5.49. The van der Waals surface area contributed by atoms with Crippen molar-refractivity contribution < 1.29 is 47.0 Å². The van der Waals surface area contributed by atoms with Crippen LogP contribution >= 0.6 is 18.6 Å². The molecule has 0 radical (unpaired) electrons. The van der Waals surface area contributed by atoms with Gasteiger partial charge in [-0.3, -0.25) is 0 Å². The Bertz CT molecular complexity index is 66.0. The van der Waals surface area contributed by atoms with Crippen molar-refractivity contribution in [1.82, 2.24) is 0 Å². The van der Waals surface area contributed by atoms with Crippen molar-refractivity contribution in [2.75, 3.05) is 0 Å². The quantitative estimate of drug-likeness (QED) is 0.265. The number of nitrogens with two attached hydrogens (primary N) is 1. The molecule has 0 fully saturated rings. The summed E-state index contributed by atoms with van der Waals surface area (Å²) in [6.45, 7) is 0. The van der Waals surface area contributed by atoms with Crippen molar-refractivity contribution in [3.63, 3.8) is 0 Å². The molecule has 0 aliphatic carbocycles. The van der Waals surface area contributed by atoms with Crippen LogP contribution in [-0.4, -0.2) is 3.98 Å². The molecule has 0 saturated carbocycles. The number of carbonyl (C=O) groups excluding carboxylic acids is 1. The van der Waals surface area contributed by atoms with E-state index >= 15 is 0 Å². The first kappa shape index (κ1) is 8.62. The zero-order valence-corrected chi connectivity index (χ0v) is 9.50. The van der Waals surface area contributed by atoms with Gasteiger partial charge >= 0.3 is 73.5 Å².